The lowest BCUT2D eigenvalue weighted by molar-refractivity contribution is -0.130. The quantitative estimate of drug-likeness (QED) is 0.0971. The summed E-state index contributed by atoms with van der Waals surface area (Å²) in [5.74, 6) is 1.49. The average Bonchev–Trinajstić information content (AvgIpc) is 1.68. The molecule has 3 aliphatic carbocycles. The van der Waals surface area contributed by atoms with Crippen LogP contribution in [-0.4, -0.2) is 166 Å². The van der Waals surface area contributed by atoms with E-state index in [9.17, 15) is 9.90 Å². The van der Waals surface area contributed by atoms with Gasteiger partial charge in [-0.2, -0.15) is 20.4 Å². The van der Waals surface area contributed by atoms with Gasteiger partial charge in [-0.25, -0.2) is 14.0 Å². The number of aromatic amines is 1. The Bertz CT molecular complexity index is 5020. The van der Waals surface area contributed by atoms with E-state index in [4.69, 9.17) is 56.6 Å². The van der Waals surface area contributed by atoms with E-state index in [1.54, 1.807) is 20.7 Å². The van der Waals surface area contributed by atoms with Gasteiger partial charge in [-0.3, -0.25) is 14.8 Å². The van der Waals surface area contributed by atoms with E-state index < -0.39 is 0 Å². The smallest absolute Gasteiger partial charge is 0.244 e. The maximum Gasteiger partial charge on any atom is 0.244 e. The van der Waals surface area contributed by atoms with Crippen molar-refractivity contribution in [1.29, 1.82) is 0 Å². The topological polar surface area (TPSA) is 232 Å². The standard InChI is InChI=1S/C23H25ClN6S.C20H20ClN5O.C16H15ClN4O.C14H11ClN4/c1-16-8-9-18(31-16)22-19-20(24)21(17-6-4-3-5-7-17)25-26-23(19)30(27-22)15-14-29-12-10-28(2)11-13-29;21-17-16-18(14-8-9-14)24-26(12-15(27)25-10-4-5-11-25)20(16)23-22-19(17)13-6-2-1-3-7-13;17-13-12-14(11-6-7-11)20-21(8-9-22)16(12)19-18-15(13)10-4-2-1-3-5-10;15-11-10-12(9-6-7-9)16-18-14(10)19-17-13(11)8-4-2-1-3-5-8/h3-9H,10-15H2,1-2H3;1-3,6-7,14H,4-5,8-12H2;1-5,11,22H,6-9H2;1-5,9H,6-7H2,(H,16,18,19). The Hall–Kier alpha value is -8.71. The summed E-state index contributed by atoms with van der Waals surface area (Å²) < 4.78 is 5.37. The maximum absolute atomic E-state index is 12.6. The first-order valence-electron chi connectivity index (χ1n) is 33.7. The van der Waals surface area contributed by atoms with Gasteiger partial charge in [0.15, 0.2) is 16.9 Å². The number of carbonyl (C=O) groups excluding carboxylic acids is 1. The van der Waals surface area contributed by atoms with Crippen molar-refractivity contribution in [2.24, 2.45) is 0 Å². The highest BCUT2D eigenvalue weighted by molar-refractivity contribution is 7.15. The molecule has 2 saturated heterocycles. The van der Waals surface area contributed by atoms with Crippen LogP contribution >= 0.6 is 57.7 Å². The van der Waals surface area contributed by atoms with Gasteiger partial charge < -0.3 is 14.9 Å². The maximum atomic E-state index is 12.6. The lowest BCUT2D eigenvalue weighted by Gasteiger charge is -2.32. The zero-order chi connectivity index (χ0) is 67.7. The number of likely N-dealkylation sites (N-methyl/N-ethyl adjacent to an activating group) is 1. The highest BCUT2D eigenvalue weighted by Gasteiger charge is 2.35. The minimum absolute atomic E-state index is 0.0145. The number of likely N-dealkylation sites (tertiary alicyclic amines) is 1. The summed E-state index contributed by atoms with van der Waals surface area (Å²) in [6, 6.07) is 43.7. The number of carbonyl (C=O) groups is 1. The molecule has 3 saturated carbocycles. The fourth-order valence-corrected chi connectivity index (χ4v) is 15.0. The second-order valence-electron chi connectivity index (χ2n) is 25.8. The van der Waals surface area contributed by atoms with E-state index in [2.05, 4.69) is 92.0 Å². The zero-order valence-electron chi connectivity index (χ0n) is 54.7. The van der Waals surface area contributed by atoms with Gasteiger partial charge in [0, 0.05) is 96.4 Å². The SMILES string of the molecule is Cc1ccc(-c2nn(CCN3CCN(C)CC3)c3nnc(-c4ccccc4)c(Cl)c23)s1.Clc1c(-c2ccccc2)nnc2n[nH]c(C3CC3)c12.O=C(Cn1nc(C2CC2)c2c(Cl)c(-c3ccccc3)nnc21)N1CCCC1.OCCn1nc(C2CC2)c2c(Cl)c(-c3ccccc3)nnc21. The van der Waals surface area contributed by atoms with Crippen molar-refractivity contribution in [3.05, 3.63) is 176 Å². The third-order valence-electron chi connectivity index (χ3n) is 18.7. The van der Waals surface area contributed by atoms with E-state index >= 15 is 0 Å². The van der Waals surface area contributed by atoms with Gasteiger partial charge in [-0.05, 0) is 77.5 Å². The number of amides is 1. The first-order valence-corrected chi connectivity index (χ1v) is 36.0. The molecule has 2 N–H and O–H groups in total. The number of nitrogens with zero attached hydrogens (tertiary/aromatic N) is 18. The molecule has 99 heavy (non-hydrogen) atoms. The van der Waals surface area contributed by atoms with Crippen LogP contribution in [0.3, 0.4) is 0 Å². The summed E-state index contributed by atoms with van der Waals surface area (Å²) in [7, 11) is 2.18. The largest absolute Gasteiger partial charge is 0.394 e. The molecule has 2 aliphatic heterocycles. The molecule has 9 aromatic heterocycles. The predicted molar refractivity (Wildman–Crippen MR) is 390 cm³/mol. The number of piperazine rings is 1. The zero-order valence-corrected chi connectivity index (χ0v) is 58.5. The summed E-state index contributed by atoms with van der Waals surface area (Å²) in [6.07, 6.45) is 9.00. The van der Waals surface area contributed by atoms with Crippen molar-refractivity contribution in [1.82, 2.24) is 95.0 Å². The van der Waals surface area contributed by atoms with Crippen molar-refractivity contribution < 1.29 is 9.90 Å². The number of aliphatic hydroxyl groups is 1. The molecular weight excluding hydrogens is 1350 g/mol. The molecule has 0 bridgehead atoms. The van der Waals surface area contributed by atoms with Crippen molar-refractivity contribution in [3.8, 4) is 55.6 Å². The number of thiophene rings is 1. The summed E-state index contributed by atoms with van der Waals surface area (Å²) in [6.45, 7) is 10.4. The average molecular weight is 1420 g/mol. The normalized spacial score (nSPS) is 15.7. The minimum atomic E-state index is 0.0145. The molecule has 18 rings (SSSR count). The van der Waals surface area contributed by atoms with E-state index in [0.717, 1.165) is 174 Å². The molecule has 5 fully saturated rings. The van der Waals surface area contributed by atoms with Crippen LogP contribution in [0.25, 0.3) is 99.7 Å². The van der Waals surface area contributed by atoms with Crippen LogP contribution < -0.4 is 0 Å². The van der Waals surface area contributed by atoms with Crippen molar-refractivity contribution in [2.75, 3.05) is 59.5 Å². The Labute approximate surface area is 595 Å². The Morgan fingerprint density at radius 2 is 0.929 bits per heavy atom. The molecule has 0 atom stereocenters. The number of aromatic nitrogens is 16. The van der Waals surface area contributed by atoms with Gasteiger partial charge in [-0.15, -0.1) is 52.1 Å². The lowest BCUT2D eigenvalue weighted by atomic mass is 10.1. The second-order valence-corrected chi connectivity index (χ2v) is 28.6. The molecular formula is C73H71Cl4N19O2S. The van der Waals surface area contributed by atoms with Crippen LogP contribution in [0.15, 0.2) is 133 Å². The van der Waals surface area contributed by atoms with Gasteiger partial charge in [0.1, 0.15) is 35.0 Å². The molecule has 5 aliphatic rings. The molecule has 0 unspecified atom stereocenters. The number of nitrogens with one attached hydrogen (secondary N) is 1. The van der Waals surface area contributed by atoms with Gasteiger partial charge in [0.2, 0.25) is 11.6 Å². The van der Waals surface area contributed by atoms with Crippen LogP contribution in [0.2, 0.25) is 20.1 Å². The molecule has 11 heterocycles. The van der Waals surface area contributed by atoms with Crippen LogP contribution in [-0.2, 0) is 24.4 Å². The van der Waals surface area contributed by atoms with Crippen LogP contribution in [0, 0.1) is 6.92 Å². The van der Waals surface area contributed by atoms with Gasteiger partial charge >= 0.3 is 0 Å². The van der Waals surface area contributed by atoms with Crippen LogP contribution in [0.5, 0.6) is 0 Å². The highest BCUT2D eigenvalue weighted by atomic mass is 35.5. The number of fused-ring (bicyclic) bond motifs is 4. The first kappa shape index (κ1) is 66.2. The summed E-state index contributed by atoms with van der Waals surface area (Å²) in [5.41, 5.74) is 13.1. The Kier molecular flexibility index (Phi) is 19.5. The summed E-state index contributed by atoms with van der Waals surface area (Å²) in [4.78, 5) is 21.7. The van der Waals surface area contributed by atoms with Crippen LogP contribution in [0.4, 0.5) is 0 Å². The first-order chi connectivity index (χ1) is 48.5. The van der Waals surface area contributed by atoms with E-state index in [-0.39, 0.29) is 19.1 Å². The molecule has 26 heteroatoms. The Morgan fingerprint density at radius 3 is 1.40 bits per heavy atom. The number of benzene rings is 4. The number of rotatable bonds is 15. The molecule has 504 valence electrons. The van der Waals surface area contributed by atoms with Crippen LogP contribution in [0.1, 0.15) is 91.1 Å². The van der Waals surface area contributed by atoms with E-state index in [1.807, 2.05) is 131 Å². The van der Waals surface area contributed by atoms with Gasteiger partial charge in [0.05, 0.1) is 77.6 Å². The molecule has 1 amide bonds. The van der Waals surface area contributed by atoms with Gasteiger partial charge in [-0.1, -0.05) is 168 Å². The summed E-state index contributed by atoms with van der Waals surface area (Å²) >= 11 is 28.6. The molecule has 4 aromatic carbocycles. The monoisotopic (exact) mass is 1420 g/mol. The van der Waals surface area contributed by atoms with Crippen molar-refractivity contribution >= 4 is 108 Å². The number of aryl methyl sites for hydroxylation is 1. The van der Waals surface area contributed by atoms with E-state index in [0.29, 0.717) is 78.4 Å². The highest BCUT2D eigenvalue weighted by Crippen LogP contribution is 2.48. The number of hydrogen-bond acceptors (Lipinski definition) is 17. The fourth-order valence-electron chi connectivity index (χ4n) is 12.8. The number of aliphatic hydroxyl groups excluding tert-OH is 1. The third kappa shape index (κ3) is 14.1. The van der Waals surface area contributed by atoms with E-state index in [1.165, 1.54) is 17.7 Å². The van der Waals surface area contributed by atoms with Crippen molar-refractivity contribution in [3.63, 3.8) is 0 Å². The molecule has 13 aromatic rings. The third-order valence-corrected chi connectivity index (χ3v) is 21.1. The predicted octanol–water partition coefficient (Wildman–Crippen LogP) is 14.6. The van der Waals surface area contributed by atoms with Gasteiger partial charge in [0.25, 0.3) is 0 Å². The summed E-state index contributed by atoms with van der Waals surface area (Å²) in [5, 5.41) is 71.6. The number of halogens is 4. The van der Waals surface area contributed by atoms with Crippen molar-refractivity contribution in [2.45, 2.75) is 95.7 Å². The lowest BCUT2D eigenvalue weighted by Crippen LogP contribution is -2.45. The Balaban J connectivity index is 0.000000109. The Morgan fingerprint density at radius 1 is 0.485 bits per heavy atom. The second kappa shape index (κ2) is 29.2. The molecule has 0 spiro atoms. The fraction of sp³-hybridized carbons (Fsp3) is 0.329. The number of H-pyrrole nitrogens is 1. The molecule has 21 nitrogen and oxygen atoms in total. The minimum Gasteiger partial charge on any atom is -0.394 e. The number of hydrogen-bond donors (Lipinski definition) is 2. The molecule has 0 radical (unpaired) electrons.